The molecule has 0 spiro atoms. The van der Waals surface area contributed by atoms with E-state index >= 15 is 0 Å². The van der Waals surface area contributed by atoms with E-state index in [4.69, 9.17) is 13.9 Å². The van der Waals surface area contributed by atoms with Gasteiger partial charge in [0.1, 0.15) is 17.9 Å². The highest BCUT2D eigenvalue weighted by molar-refractivity contribution is 6.15. The summed E-state index contributed by atoms with van der Waals surface area (Å²) in [5.41, 5.74) is 1.53. The Morgan fingerprint density at radius 1 is 1.11 bits per heavy atom. The molecule has 1 N–H and O–H groups in total. The Morgan fingerprint density at radius 2 is 1.93 bits per heavy atom. The number of hydrogen-bond donors (Lipinski definition) is 1. The number of hydrogen-bond acceptors (Lipinski definition) is 7. The SMILES string of the molecule is Cc1oc2ncnc(N3CCCCC3)c2c1C(=O)Nc1ccc2c(c1)OCO2. The van der Waals surface area contributed by atoms with E-state index in [1.54, 1.807) is 25.1 Å². The lowest BCUT2D eigenvalue weighted by molar-refractivity contribution is 0.102. The number of rotatable bonds is 3. The summed E-state index contributed by atoms with van der Waals surface area (Å²) in [4.78, 5) is 24.0. The summed E-state index contributed by atoms with van der Waals surface area (Å²) in [6.45, 7) is 3.80. The third kappa shape index (κ3) is 2.81. The number of anilines is 2. The molecule has 144 valence electrons. The predicted octanol–water partition coefficient (Wildman–Crippen LogP) is 3.50. The molecular weight excluding hydrogens is 360 g/mol. The number of ether oxygens (including phenoxy) is 2. The minimum atomic E-state index is -0.261. The van der Waals surface area contributed by atoms with Gasteiger partial charge in [-0.25, -0.2) is 9.97 Å². The van der Waals surface area contributed by atoms with Crippen molar-refractivity contribution in [3.8, 4) is 11.5 Å². The minimum Gasteiger partial charge on any atom is -0.454 e. The Hall–Kier alpha value is -3.29. The average molecular weight is 380 g/mol. The molecule has 0 radical (unpaired) electrons. The molecule has 1 saturated heterocycles. The van der Waals surface area contributed by atoms with Crippen molar-refractivity contribution in [2.75, 3.05) is 30.1 Å². The van der Waals surface area contributed by atoms with Crippen LogP contribution in [0.4, 0.5) is 11.5 Å². The zero-order valence-corrected chi connectivity index (χ0v) is 15.5. The number of fused-ring (bicyclic) bond motifs is 2. The predicted molar refractivity (Wildman–Crippen MR) is 103 cm³/mol. The van der Waals surface area contributed by atoms with E-state index in [2.05, 4.69) is 20.2 Å². The van der Waals surface area contributed by atoms with Crippen LogP contribution in [0, 0.1) is 6.92 Å². The lowest BCUT2D eigenvalue weighted by atomic mass is 10.1. The summed E-state index contributed by atoms with van der Waals surface area (Å²) in [6, 6.07) is 5.31. The Kier molecular flexibility index (Phi) is 4.03. The van der Waals surface area contributed by atoms with Crippen molar-refractivity contribution in [2.45, 2.75) is 26.2 Å². The monoisotopic (exact) mass is 380 g/mol. The van der Waals surface area contributed by atoms with Crippen LogP contribution in [0.3, 0.4) is 0 Å². The largest absolute Gasteiger partial charge is 0.454 e. The third-order valence-electron chi connectivity index (χ3n) is 5.16. The van der Waals surface area contributed by atoms with Gasteiger partial charge in [0, 0.05) is 24.8 Å². The fourth-order valence-electron chi connectivity index (χ4n) is 3.82. The summed E-state index contributed by atoms with van der Waals surface area (Å²) in [6.07, 6.45) is 4.93. The standard InChI is InChI=1S/C20H20N4O4/c1-12-16(19(25)23-13-5-6-14-15(9-13)27-11-26-14)17-18(21-10-22-20(17)28-12)24-7-3-2-4-8-24/h5-6,9-10H,2-4,7-8,11H2,1H3,(H,23,25). The van der Waals surface area contributed by atoms with Gasteiger partial charge in [-0.3, -0.25) is 4.79 Å². The van der Waals surface area contributed by atoms with E-state index in [0.717, 1.165) is 31.7 Å². The van der Waals surface area contributed by atoms with Crippen LogP contribution in [0.15, 0.2) is 28.9 Å². The first kappa shape index (κ1) is 16.9. The molecule has 2 aliphatic rings. The number of carbonyl (C=O) groups is 1. The van der Waals surface area contributed by atoms with E-state index in [-0.39, 0.29) is 12.7 Å². The summed E-state index contributed by atoms with van der Waals surface area (Å²) in [5, 5.41) is 3.60. The number of aryl methyl sites for hydroxylation is 1. The van der Waals surface area contributed by atoms with Crippen molar-refractivity contribution in [2.24, 2.45) is 0 Å². The van der Waals surface area contributed by atoms with Crippen LogP contribution >= 0.6 is 0 Å². The molecule has 0 unspecified atom stereocenters. The molecule has 8 nitrogen and oxygen atoms in total. The van der Waals surface area contributed by atoms with Crippen molar-refractivity contribution >= 4 is 28.5 Å². The second kappa shape index (κ2) is 6.70. The first-order valence-corrected chi connectivity index (χ1v) is 9.41. The Bertz CT molecular complexity index is 1060. The van der Waals surface area contributed by atoms with Gasteiger partial charge in [-0.1, -0.05) is 0 Å². The van der Waals surface area contributed by atoms with Gasteiger partial charge in [-0.2, -0.15) is 0 Å². The van der Waals surface area contributed by atoms with Crippen molar-refractivity contribution in [1.29, 1.82) is 0 Å². The number of nitrogens with zero attached hydrogens (tertiary/aromatic N) is 3. The van der Waals surface area contributed by atoms with Crippen molar-refractivity contribution < 1.29 is 18.7 Å². The average Bonchev–Trinajstić information content (AvgIpc) is 3.31. The fourth-order valence-corrected chi connectivity index (χ4v) is 3.82. The molecule has 2 aromatic heterocycles. The molecule has 3 aromatic rings. The second-order valence-electron chi connectivity index (χ2n) is 6.98. The molecule has 28 heavy (non-hydrogen) atoms. The smallest absolute Gasteiger partial charge is 0.260 e. The highest BCUT2D eigenvalue weighted by Crippen LogP contribution is 2.36. The molecule has 2 aliphatic heterocycles. The van der Waals surface area contributed by atoms with Gasteiger partial charge in [0.05, 0.1) is 10.9 Å². The van der Waals surface area contributed by atoms with Crippen LogP contribution in [-0.4, -0.2) is 35.8 Å². The van der Waals surface area contributed by atoms with Crippen molar-refractivity contribution in [1.82, 2.24) is 9.97 Å². The van der Waals surface area contributed by atoms with Crippen molar-refractivity contribution in [3.05, 3.63) is 35.9 Å². The van der Waals surface area contributed by atoms with Crippen LogP contribution in [0.5, 0.6) is 11.5 Å². The quantitative estimate of drug-likeness (QED) is 0.744. The molecule has 4 heterocycles. The number of carbonyl (C=O) groups excluding carboxylic acids is 1. The fraction of sp³-hybridized carbons (Fsp3) is 0.350. The summed E-state index contributed by atoms with van der Waals surface area (Å²) in [7, 11) is 0. The van der Waals surface area contributed by atoms with Gasteiger partial charge in [0.25, 0.3) is 5.91 Å². The summed E-state index contributed by atoms with van der Waals surface area (Å²) >= 11 is 0. The number of aromatic nitrogens is 2. The molecule has 0 atom stereocenters. The lowest BCUT2D eigenvalue weighted by Gasteiger charge is -2.28. The number of benzene rings is 1. The highest BCUT2D eigenvalue weighted by Gasteiger charge is 2.26. The van der Waals surface area contributed by atoms with Gasteiger partial charge in [0.15, 0.2) is 11.5 Å². The van der Waals surface area contributed by atoms with Gasteiger partial charge >= 0.3 is 0 Å². The molecule has 5 rings (SSSR count). The third-order valence-corrected chi connectivity index (χ3v) is 5.16. The zero-order valence-electron chi connectivity index (χ0n) is 15.5. The maximum absolute atomic E-state index is 13.1. The van der Waals surface area contributed by atoms with Gasteiger partial charge in [-0.15, -0.1) is 0 Å². The molecule has 1 amide bonds. The zero-order chi connectivity index (χ0) is 19.1. The maximum atomic E-state index is 13.1. The summed E-state index contributed by atoms with van der Waals surface area (Å²) in [5.74, 6) is 2.31. The number of furan rings is 1. The molecule has 0 bridgehead atoms. The van der Waals surface area contributed by atoms with Crippen LogP contribution in [0.25, 0.3) is 11.1 Å². The van der Waals surface area contributed by atoms with Crippen molar-refractivity contribution in [3.63, 3.8) is 0 Å². The van der Waals surface area contributed by atoms with Gasteiger partial charge < -0.3 is 24.1 Å². The van der Waals surface area contributed by atoms with E-state index in [1.165, 1.54) is 12.7 Å². The van der Waals surface area contributed by atoms with Crippen LogP contribution in [0.2, 0.25) is 0 Å². The van der Waals surface area contributed by atoms with Crippen LogP contribution in [0.1, 0.15) is 35.4 Å². The first-order chi connectivity index (χ1) is 13.7. The highest BCUT2D eigenvalue weighted by atomic mass is 16.7. The normalized spacial score (nSPS) is 15.8. The maximum Gasteiger partial charge on any atom is 0.260 e. The van der Waals surface area contributed by atoms with E-state index in [0.29, 0.717) is 39.6 Å². The topological polar surface area (TPSA) is 89.7 Å². The minimum absolute atomic E-state index is 0.189. The van der Waals surface area contributed by atoms with Gasteiger partial charge in [0.2, 0.25) is 12.5 Å². The Morgan fingerprint density at radius 3 is 2.79 bits per heavy atom. The molecule has 8 heteroatoms. The molecule has 0 saturated carbocycles. The summed E-state index contributed by atoms with van der Waals surface area (Å²) < 4.78 is 16.5. The number of piperidine rings is 1. The molecule has 0 aliphatic carbocycles. The molecule has 1 fully saturated rings. The Labute approximate surface area is 161 Å². The van der Waals surface area contributed by atoms with E-state index < -0.39 is 0 Å². The molecular formula is C20H20N4O4. The number of amides is 1. The molecule has 1 aromatic carbocycles. The number of nitrogens with one attached hydrogen (secondary N) is 1. The van der Waals surface area contributed by atoms with Crippen LogP contribution in [-0.2, 0) is 0 Å². The first-order valence-electron chi connectivity index (χ1n) is 9.41. The lowest BCUT2D eigenvalue weighted by Crippen LogP contribution is -2.30. The van der Waals surface area contributed by atoms with E-state index in [9.17, 15) is 4.79 Å². The van der Waals surface area contributed by atoms with Gasteiger partial charge in [-0.05, 0) is 38.3 Å². The Balaban J connectivity index is 1.52. The second-order valence-corrected chi connectivity index (χ2v) is 6.98. The van der Waals surface area contributed by atoms with E-state index in [1.807, 2.05) is 0 Å². The van der Waals surface area contributed by atoms with Crippen LogP contribution < -0.4 is 19.7 Å².